The van der Waals surface area contributed by atoms with Crippen LogP contribution < -0.4 is 4.57 Å². The summed E-state index contributed by atoms with van der Waals surface area (Å²) in [5.74, 6) is 0.578. The summed E-state index contributed by atoms with van der Waals surface area (Å²) in [7, 11) is 0. The number of hydrogen-bond donors (Lipinski definition) is 0. The molecule has 43 heavy (non-hydrogen) atoms. The molecule has 1 aliphatic heterocycles. The minimum absolute atomic E-state index is 0. The second-order valence-corrected chi connectivity index (χ2v) is 14.3. The average molecular weight is 746 g/mol. The number of imidazole rings is 1. The van der Waals surface area contributed by atoms with Crippen LogP contribution in [0.2, 0.25) is 0 Å². The summed E-state index contributed by atoms with van der Waals surface area (Å²) in [6.07, 6.45) is 7.94. The number of benzene rings is 3. The summed E-state index contributed by atoms with van der Waals surface area (Å²) in [5.41, 5.74) is 11.8. The minimum atomic E-state index is -0.0596. The fraction of sp³-hybridized carbons (Fsp3) is 0.385. The van der Waals surface area contributed by atoms with Crippen LogP contribution in [0, 0.1) is 24.4 Å². The van der Waals surface area contributed by atoms with E-state index in [1.807, 2.05) is 42.5 Å². The maximum atomic E-state index is 4.22. The van der Waals surface area contributed by atoms with Crippen LogP contribution >= 0.6 is 0 Å². The smallest absolute Gasteiger partial charge is 0.341 e. The van der Waals surface area contributed by atoms with Gasteiger partial charge in [-0.25, -0.2) is 0 Å². The van der Waals surface area contributed by atoms with E-state index in [0.717, 1.165) is 17.8 Å². The number of fused-ring (bicyclic) bond motifs is 3. The molecular formula is C39H43IrN3+. The molecule has 0 unspecified atom stereocenters. The van der Waals surface area contributed by atoms with Gasteiger partial charge in [0.25, 0.3) is 0 Å². The third-order valence-electron chi connectivity index (χ3n) is 9.36. The van der Waals surface area contributed by atoms with E-state index in [1.54, 1.807) is 6.20 Å². The van der Waals surface area contributed by atoms with E-state index < -0.39 is 0 Å². The molecule has 5 aromatic rings. The first-order chi connectivity index (χ1) is 19.9. The Morgan fingerprint density at radius 3 is 2.28 bits per heavy atom. The standard InChI is InChI=1S/C28H35N2.C11H8N.Ir/c1-18(2)16-29-17-30-24-15-21-20(26(3,4)12-13-27(21,5)6)14-22(24)28(7,8)19-10-9-11-23(29)25(19)30;1-2-6-10(7-3-1)11-8-4-5-9-12-11;/h9-11,14,18H,12-13,16H2,1-8H3;1-6,8-9H;/q2*-1;+3. The van der Waals surface area contributed by atoms with E-state index in [1.165, 1.54) is 51.8 Å². The van der Waals surface area contributed by atoms with E-state index in [-0.39, 0.29) is 36.4 Å². The molecule has 0 saturated heterocycles. The Bertz CT molecular complexity index is 1710. The molecule has 3 heterocycles. The monoisotopic (exact) mass is 746 g/mol. The van der Waals surface area contributed by atoms with Crippen LogP contribution in [0.15, 0.2) is 72.9 Å². The summed E-state index contributed by atoms with van der Waals surface area (Å²) in [5, 5.41) is 0. The van der Waals surface area contributed by atoms with Gasteiger partial charge in [0.15, 0.2) is 0 Å². The average Bonchev–Trinajstić information content (AvgIpc) is 3.33. The van der Waals surface area contributed by atoms with Gasteiger partial charge in [0.1, 0.15) is 0 Å². The van der Waals surface area contributed by atoms with E-state index >= 15 is 0 Å². The van der Waals surface area contributed by atoms with Crippen molar-refractivity contribution in [3.8, 4) is 16.9 Å². The quantitative estimate of drug-likeness (QED) is 0.134. The number of nitrogens with zero attached hydrogens (tertiary/aromatic N) is 3. The fourth-order valence-electron chi connectivity index (χ4n) is 6.74. The molecule has 0 radical (unpaired) electrons. The van der Waals surface area contributed by atoms with Gasteiger partial charge >= 0.3 is 20.1 Å². The summed E-state index contributed by atoms with van der Waals surface area (Å²) in [6, 6.07) is 30.1. The fourth-order valence-corrected chi connectivity index (χ4v) is 6.74. The van der Waals surface area contributed by atoms with Crippen molar-refractivity contribution in [1.82, 2.24) is 9.55 Å². The summed E-state index contributed by atoms with van der Waals surface area (Å²) < 4.78 is 4.63. The molecule has 0 saturated carbocycles. The van der Waals surface area contributed by atoms with Crippen LogP contribution in [-0.2, 0) is 42.9 Å². The van der Waals surface area contributed by atoms with Crippen molar-refractivity contribution in [3.05, 3.63) is 114 Å². The molecule has 222 valence electrons. The van der Waals surface area contributed by atoms with Crippen molar-refractivity contribution in [2.75, 3.05) is 0 Å². The molecular weight excluding hydrogens is 703 g/mol. The van der Waals surface area contributed by atoms with Gasteiger partial charge in [-0.05, 0) is 34.9 Å². The second-order valence-electron chi connectivity index (χ2n) is 14.3. The molecule has 2 aliphatic rings. The van der Waals surface area contributed by atoms with E-state index in [4.69, 9.17) is 0 Å². The van der Waals surface area contributed by atoms with Gasteiger partial charge in [-0.15, -0.1) is 47.0 Å². The first-order valence-corrected chi connectivity index (χ1v) is 15.4. The zero-order valence-corrected chi connectivity index (χ0v) is 29.2. The van der Waals surface area contributed by atoms with Gasteiger partial charge in [0.05, 0.1) is 17.6 Å². The van der Waals surface area contributed by atoms with E-state index in [0.29, 0.717) is 5.92 Å². The first-order valence-electron chi connectivity index (χ1n) is 15.4. The van der Waals surface area contributed by atoms with Gasteiger partial charge in [-0.3, -0.25) is 0 Å². The maximum Gasteiger partial charge on any atom is 3.00 e. The van der Waals surface area contributed by atoms with Crippen molar-refractivity contribution < 1.29 is 24.7 Å². The second kappa shape index (κ2) is 11.5. The van der Waals surface area contributed by atoms with Gasteiger partial charge in [-0.2, -0.15) is 17.7 Å². The molecule has 0 bridgehead atoms. The predicted octanol–water partition coefficient (Wildman–Crippen LogP) is 8.71. The molecule has 0 amide bonds. The zero-order valence-electron chi connectivity index (χ0n) is 26.8. The van der Waals surface area contributed by atoms with Crippen molar-refractivity contribution in [1.29, 1.82) is 0 Å². The van der Waals surface area contributed by atoms with Crippen LogP contribution in [0.25, 0.3) is 28.0 Å². The first kappa shape index (κ1) is 31.4. The number of rotatable bonds is 3. The Morgan fingerprint density at radius 2 is 1.60 bits per heavy atom. The van der Waals surface area contributed by atoms with Crippen LogP contribution in [-0.4, -0.2) is 9.55 Å². The third kappa shape index (κ3) is 5.54. The van der Waals surface area contributed by atoms with Gasteiger partial charge in [0, 0.05) is 6.20 Å². The Morgan fingerprint density at radius 1 is 0.860 bits per heavy atom. The minimum Gasteiger partial charge on any atom is -0.341 e. The maximum absolute atomic E-state index is 4.22. The topological polar surface area (TPSA) is 21.7 Å². The Kier molecular flexibility index (Phi) is 8.35. The zero-order chi connectivity index (χ0) is 29.9. The Hall–Kier alpha value is -3.07. The van der Waals surface area contributed by atoms with Crippen molar-refractivity contribution in [3.63, 3.8) is 0 Å². The molecule has 2 aromatic heterocycles. The van der Waals surface area contributed by atoms with Gasteiger partial charge < -0.3 is 14.1 Å². The molecule has 0 fully saturated rings. The van der Waals surface area contributed by atoms with E-state index in [2.05, 4.69) is 112 Å². The molecule has 3 aromatic carbocycles. The van der Waals surface area contributed by atoms with Crippen molar-refractivity contribution in [2.45, 2.75) is 91.0 Å². The molecule has 3 nitrogen and oxygen atoms in total. The number of aromatic nitrogens is 3. The summed E-state index contributed by atoms with van der Waals surface area (Å²) >= 11 is 0. The van der Waals surface area contributed by atoms with Gasteiger partial charge in [0.2, 0.25) is 6.33 Å². The van der Waals surface area contributed by atoms with Crippen LogP contribution in [0.1, 0.15) is 90.5 Å². The normalized spacial score (nSPS) is 16.9. The molecule has 4 heteroatoms. The van der Waals surface area contributed by atoms with Gasteiger partial charge in [-0.1, -0.05) is 109 Å². The van der Waals surface area contributed by atoms with Crippen LogP contribution in [0.3, 0.4) is 0 Å². The molecule has 7 rings (SSSR count). The van der Waals surface area contributed by atoms with Crippen LogP contribution in [0.5, 0.6) is 0 Å². The van der Waals surface area contributed by atoms with Crippen molar-refractivity contribution in [2.24, 2.45) is 5.92 Å². The molecule has 0 spiro atoms. The Labute approximate surface area is 271 Å². The van der Waals surface area contributed by atoms with Crippen LogP contribution in [0.4, 0.5) is 0 Å². The largest absolute Gasteiger partial charge is 3.00 e. The predicted molar refractivity (Wildman–Crippen MR) is 172 cm³/mol. The van der Waals surface area contributed by atoms with E-state index in [9.17, 15) is 0 Å². The summed E-state index contributed by atoms with van der Waals surface area (Å²) in [4.78, 5) is 4.22. The third-order valence-corrected chi connectivity index (χ3v) is 9.36. The number of hydrogen-bond acceptors (Lipinski definition) is 1. The molecule has 1 aliphatic carbocycles. The Balaban J connectivity index is 0.000000238. The SMILES string of the molecule is CC(C)Cn1[c-][n+]2c3c(cccc31)C(C)(C)c1cc3c([c-]c1-2)C(C)(C)CCC3(C)C.[Ir+3].[c-]1ccccc1-c1ccccn1. The summed E-state index contributed by atoms with van der Waals surface area (Å²) in [6.45, 7) is 19.9. The molecule has 0 atom stereocenters. The number of pyridine rings is 1. The van der Waals surface area contributed by atoms with Crippen molar-refractivity contribution >= 4 is 11.0 Å². The number of para-hydroxylation sites is 1. The molecule has 0 N–H and O–H groups in total.